The molecule has 2 aromatic rings. The van der Waals surface area contributed by atoms with Crippen LogP contribution in [0.4, 0.5) is 5.69 Å². The lowest BCUT2D eigenvalue weighted by molar-refractivity contribution is 0.0695. The molecule has 2 fully saturated rings. The largest absolute Gasteiger partial charge is 0.477 e. The van der Waals surface area contributed by atoms with Crippen molar-refractivity contribution in [1.29, 1.82) is 0 Å². The molecule has 1 saturated heterocycles. The van der Waals surface area contributed by atoms with Crippen LogP contribution in [0.15, 0.2) is 29.2 Å². The summed E-state index contributed by atoms with van der Waals surface area (Å²) < 4.78 is 2.00. The number of fused-ring (bicyclic) bond motifs is 1. The van der Waals surface area contributed by atoms with Crippen molar-refractivity contribution in [2.45, 2.75) is 38.6 Å². The molecule has 1 aromatic carbocycles. The number of piperazine rings is 1. The van der Waals surface area contributed by atoms with Gasteiger partial charge in [0.2, 0.25) is 5.43 Å². The minimum absolute atomic E-state index is 0.133. The second-order valence-corrected chi connectivity index (χ2v) is 7.70. The maximum Gasteiger partial charge on any atom is 0.341 e. The van der Waals surface area contributed by atoms with Crippen molar-refractivity contribution < 1.29 is 9.90 Å². The lowest BCUT2D eigenvalue weighted by atomic mass is 10.1. The summed E-state index contributed by atoms with van der Waals surface area (Å²) in [6, 6.07) is 6.16. The third-order valence-corrected chi connectivity index (χ3v) is 5.75. The van der Waals surface area contributed by atoms with E-state index in [-0.39, 0.29) is 11.0 Å². The van der Waals surface area contributed by atoms with Crippen molar-refractivity contribution in [1.82, 2.24) is 9.47 Å². The molecule has 0 amide bonds. The number of nitrogens with zero attached hydrogens (tertiary/aromatic N) is 3. The van der Waals surface area contributed by atoms with E-state index in [1.807, 2.05) is 16.7 Å². The fraction of sp³-hybridized carbons (Fsp3) is 0.524. The average Bonchev–Trinajstić information content (AvgIpc) is 3.51. The molecule has 2 heterocycles. The Morgan fingerprint density at radius 1 is 1.19 bits per heavy atom. The quantitative estimate of drug-likeness (QED) is 0.848. The molecule has 4 rings (SSSR count). The lowest BCUT2D eigenvalue weighted by Crippen LogP contribution is -2.46. The van der Waals surface area contributed by atoms with Gasteiger partial charge in [-0.1, -0.05) is 13.3 Å². The third-order valence-electron chi connectivity index (χ3n) is 5.75. The van der Waals surface area contributed by atoms with Crippen LogP contribution >= 0.6 is 0 Å². The molecular formula is C21H27N3O3. The Morgan fingerprint density at radius 2 is 1.93 bits per heavy atom. The zero-order chi connectivity index (χ0) is 19.0. The van der Waals surface area contributed by atoms with Gasteiger partial charge in [0.15, 0.2) is 0 Å². The van der Waals surface area contributed by atoms with Crippen LogP contribution in [0.3, 0.4) is 0 Å². The summed E-state index contributed by atoms with van der Waals surface area (Å²) in [6.45, 7) is 7.48. The maximum absolute atomic E-state index is 12.6. The molecule has 0 radical (unpaired) electrons. The first-order chi connectivity index (χ1) is 13.1. The first kappa shape index (κ1) is 18.0. The van der Waals surface area contributed by atoms with Gasteiger partial charge in [-0.15, -0.1) is 0 Å². The molecular weight excluding hydrogens is 342 g/mol. The summed E-state index contributed by atoms with van der Waals surface area (Å²) in [5.74, 6) is -1.15. The number of aromatic carboxylic acids is 1. The van der Waals surface area contributed by atoms with Gasteiger partial charge in [0.1, 0.15) is 5.56 Å². The molecule has 1 aliphatic carbocycles. The van der Waals surface area contributed by atoms with E-state index in [4.69, 9.17) is 0 Å². The van der Waals surface area contributed by atoms with E-state index < -0.39 is 5.97 Å². The number of aromatic nitrogens is 1. The Morgan fingerprint density at radius 3 is 2.56 bits per heavy atom. The van der Waals surface area contributed by atoms with E-state index in [9.17, 15) is 14.7 Å². The highest BCUT2D eigenvalue weighted by atomic mass is 16.4. The summed E-state index contributed by atoms with van der Waals surface area (Å²) in [7, 11) is 0. The van der Waals surface area contributed by atoms with Crippen molar-refractivity contribution in [2.24, 2.45) is 0 Å². The van der Waals surface area contributed by atoms with Gasteiger partial charge in [-0.05, 0) is 44.0 Å². The van der Waals surface area contributed by atoms with E-state index in [1.54, 1.807) is 0 Å². The van der Waals surface area contributed by atoms with Crippen LogP contribution < -0.4 is 10.3 Å². The minimum Gasteiger partial charge on any atom is -0.477 e. The number of carbonyl (C=O) groups is 1. The molecule has 1 aliphatic heterocycles. The van der Waals surface area contributed by atoms with E-state index in [0.717, 1.165) is 50.2 Å². The van der Waals surface area contributed by atoms with Crippen LogP contribution in [-0.2, 0) is 0 Å². The molecule has 0 atom stereocenters. The van der Waals surface area contributed by atoms with Gasteiger partial charge >= 0.3 is 5.97 Å². The van der Waals surface area contributed by atoms with Gasteiger partial charge in [-0.3, -0.25) is 9.69 Å². The van der Waals surface area contributed by atoms with E-state index in [2.05, 4.69) is 22.8 Å². The van der Waals surface area contributed by atoms with Crippen LogP contribution in [0.2, 0.25) is 0 Å². The molecule has 2 aliphatic rings. The molecule has 27 heavy (non-hydrogen) atoms. The minimum atomic E-state index is -1.15. The zero-order valence-corrected chi connectivity index (χ0v) is 15.9. The number of benzene rings is 1. The van der Waals surface area contributed by atoms with Crippen molar-refractivity contribution >= 4 is 22.6 Å². The molecule has 1 N–H and O–H groups in total. The SMILES string of the molecule is CCCCN1CCN(c2ccc3c(=O)c(C(=O)O)cn(C4CC4)c3c2)CC1. The molecule has 144 valence electrons. The summed E-state index contributed by atoms with van der Waals surface area (Å²) in [4.78, 5) is 28.9. The molecule has 0 spiro atoms. The molecule has 1 aromatic heterocycles. The summed E-state index contributed by atoms with van der Waals surface area (Å²) in [5.41, 5.74) is 1.46. The fourth-order valence-corrected chi connectivity index (χ4v) is 3.95. The molecule has 6 heteroatoms. The molecule has 0 bridgehead atoms. The van der Waals surface area contributed by atoms with Gasteiger partial charge in [-0.2, -0.15) is 0 Å². The Bertz CT molecular complexity index is 909. The van der Waals surface area contributed by atoms with Crippen molar-refractivity contribution in [3.05, 3.63) is 40.2 Å². The summed E-state index contributed by atoms with van der Waals surface area (Å²) in [5, 5.41) is 9.88. The monoisotopic (exact) mass is 369 g/mol. The average molecular weight is 369 g/mol. The Balaban J connectivity index is 1.65. The first-order valence-electron chi connectivity index (χ1n) is 9.98. The highest BCUT2D eigenvalue weighted by Crippen LogP contribution is 2.37. The number of carboxylic acid groups (broad SMARTS) is 1. The van der Waals surface area contributed by atoms with Crippen molar-refractivity contribution in [2.75, 3.05) is 37.6 Å². The predicted octanol–water partition coefficient (Wildman–Crippen LogP) is 2.96. The summed E-state index contributed by atoms with van der Waals surface area (Å²) >= 11 is 0. The van der Waals surface area contributed by atoms with Gasteiger partial charge in [0.05, 0.1) is 5.52 Å². The lowest BCUT2D eigenvalue weighted by Gasteiger charge is -2.36. The standard InChI is InChI=1S/C21H27N3O3/c1-2-3-8-22-9-11-23(12-10-22)16-6-7-17-19(13-16)24(15-4-5-15)14-18(20(17)25)21(26)27/h6-7,13-15H,2-5,8-12H2,1H3,(H,26,27). The van der Waals surface area contributed by atoms with E-state index in [0.29, 0.717) is 11.4 Å². The molecule has 1 saturated carbocycles. The van der Waals surface area contributed by atoms with Crippen LogP contribution in [0, 0.1) is 0 Å². The second-order valence-electron chi connectivity index (χ2n) is 7.70. The highest BCUT2D eigenvalue weighted by Gasteiger charge is 2.27. The van der Waals surface area contributed by atoms with Gasteiger partial charge in [0, 0.05) is 49.5 Å². The van der Waals surface area contributed by atoms with Gasteiger partial charge < -0.3 is 14.6 Å². The normalized spacial score (nSPS) is 18.2. The van der Waals surface area contributed by atoms with Crippen LogP contribution in [0.5, 0.6) is 0 Å². The number of carboxylic acids is 1. The van der Waals surface area contributed by atoms with Crippen LogP contribution in [0.25, 0.3) is 10.9 Å². The number of pyridine rings is 1. The second kappa shape index (κ2) is 7.35. The number of hydrogen-bond acceptors (Lipinski definition) is 4. The van der Waals surface area contributed by atoms with Gasteiger partial charge in [0.25, 0.3) is 0 Å². The first-order valence-corrected chi connectivity index (χ1v) is 9.98. The Labute approximate surface area is 159 Å². The number of rotatable bonds is 6. The smallest absolute Gasteiger partial charge is 0.341 e. The van der Waals surface area contributed by atoms with Crippen molar-refractivity contribution in [3.63, 3.8) is 0 Å². The van der Waals surface area contributed by atoms with Crippen LogP contribution in [0.1, 0.15) is 49.0 Å². The summed E-state index contributed by atoms with van der Waals surface area (Å²) in [6.07, 6.45) is 6.09. The molecule has 6 nitrogen and oxygen atoms in total. The zero-order valence-electron chi connectivity index (χ0n) is 15.9. The van der Waals surface area contributed by atoms with Crippen molar-refractivity contribution in [3.8, 4) is 0 Å². The highest BCUT2D eigenvalue weighted by molar-refractivity contribution is 5.93. The fourth-order valence-electron chi connectivity index (χ4n) is 3.95. The van der Waals surface area contributed by atoms with Gasteiger partial charge in [-0.25, -0.2) is 4.79 Å². The van der Waals surface area contributed by atoms with Crippen LogP contribution in [-0.4, -0.2) is 53.3 Å². The third kappa shape index (κ3) is 3.58. The number of unbranched alkanes of at least 4 members (excludes halogenated alkanes) is 1. The Kier molecular flexibility index (Phi) is 4.91. The Hall–Kier alpha value is -2.34. The number of hydrogen-bond donors (Lipinski definition) is 1. The van der Waals surface area contributed by atoms with E-state index in [1.165, 1.54) is 25.6 Å². The topological polar surface area (TPSA) is 65.8 Å². The number of anilines is 1. The molecule has 0 unspecified atom stereocenters. The maximum atomic E-state index is 12.6. The predicted molar refractivity (Wildman–Crippen MR) is 107 cm³/mol. The van der Waals surface area contributed by atoms with E-state index >= 15 is 0 Å².